The Morgan fingerprint density at radius 3 is 2.86 bits per heavy atom. The van der Waals surface area contributed by atoms with Crippen molar-refractivity contribution in [3.8, 4) is 0 Å². The fourth-order valence-corrected chi connectivity index (χ4v) is 2.23. The first-order valence-corrected chi connectivity index (χ1v) is 6.33. The highest BCUT2D eigenvalue weighted by atomic mass is 19.1. The van der Waals surface area contributed by atoms with Crippen molar-refractivity contribution in [1.29, 1.82) is 0 Å². The molecule has 3 N–H and O–H groups in total. The van der Waals surface area contributed by atoms with Gasteiger partial charge in [0.25, 0.3) is 5.91 Å². The van der Waals surface area contributed by atoms with Crippen LogP contribution in [-0.2, 0) is 7.05 Å². The summed E-state index contributed by atoms with van der Waals surface area (Å²) in [7, 11) is 1.95. The second-order valence-electron chi connectivity index (χ2n) is 4.72. The van der Waals surface area contributed by atoms with E-state index in [-0.39, 0.29) is 11.4 Å². The van der Waals surface area contributed by atoms with Gasteiger partial charge in [0.1, 0.15) is 5.82 Å². The van der Waals surface area contributed by atoms with E-state index in [9.17, 15) is 9.18 Å². The van der Waals surface area contributed by atoms with Crippen LogP contribution in [0.5, 0.6) is 0 Å². The van der Waals surface area contributed by atoms with Crippen molar-refractivity contribution in [3.05, 3.63) is 54.1 Å². The largest absolute Gasteiger partial charge is 0.365 e. The highest BCUT2D eigenvalue weighted by Crippen LogP contribution is 2.23. The van der Waals surface area contributed by atoms with Gasteiger partial charge in [-0.15, -0.1) is 0 Å². The summed E-state index contributed by atoms with van der Waals surface area (Å²) in [6.45, 7) is 0. The van der Waals surface area contributed by atoms with Gasteiger partial charge in [0.05, 0.1) is 5.56 Å². The summed E-state index contributed by atoms with van der Waals surface area (Å²) in [6, 6.07) is 10.0. The smallest absolute Gasteiger partial charge is 0.252 e. The fourth-order valence-electron chi connectivity index (χ4n) is 2.23. The number of amides is 1. The van der Waals surface area contributed by atoms with Crippen LogP contribution in [0.4, 0.5) is 15.9 Å². The number of rotatable bonds is 3. The summed E-state index contributed by atoms with van der Waals surface area (Å²) in [5, 5.41) is 3.96. The first-order chi connectivity index (χ1) is 10.0. The minimum atomic E-state index is -0.678. The van der Waals surface area contributed by atoms with Crippen LogP contribution in [0.2, 0.25) is 0 Å². The maximum atomic E-state index is 13.3. The number of carbonyl (C=O) groups is 1. The molecular weight excluding hydrogens is 271 g/mol. The highest BCUT2D eigenvalue weighted by molar-refractivity contribution is 5.98. The average Bonchev–Trinajstić information content (AvgIpc) is 2.80. The van der Waals surface area contributed by atoms with Gasteiger partial charge in [0.2, 0.25) is 5.95 Å². The number of benzene rings is 1. The van der Waals surface area contributed by atoms with Crippen molar-refractivity contribution in [2.75, 3.05) is 5.32 Å². The monoisotopic (exact) mass is 284 g/mol. The number of hydrogen-bond donors (Lipinski definition) is 2. The standard InChI is InChI=1S/C15H13FN4O/c1-20-7-6-9-8-10(2-4-12(9)20)18-15-11(14(17)21)3-5-13(16)19-15/h2-8H,1H3,(H2,17,21)(H,18,19). The quantitative estimate of drug-likeness (QED) is 0.726. The molecule has 1 amide bonds. The normalized spacial score (nSPS) is 10.8. The molecule has 0 aliphatic rings. The number of nitrogens with zero attached hydrogens (tertiary/aromatic N) is 2. The zero-order valence-corrected chi connectivity index (χ0v) is 11.3. The molecule has 0 atom stereocenters. The molecule has 3 rings (SSSR count). The molecule has 0 radical (unpaired) electrons. The number of nitrogens with two attached hydrogens (primary N) is 1. The predicted molar refractivity (Wildman–Crippen MR) is 78.9 cm³/mol. The molecule has 6 heteroatoms. The van der Waals surface area contributed by atoms with Crippen LogP contribution in [0.1, 0.15) is 10.4 Å². The van der Waals surface area contributed by atoms with E-state index in [0.717, 1.165) is 17.0 Å². The first kappa shape index (κ1) is 13.1. The van der Waals surface area contributed by atoms with E-state index in [1.54, 1.807) is 0 Å². The molecule has 0 spiro atoms. The number of pyridine rings is 1. The molecule has 0 fully saturated rings. The van der Waals surface area contributed by atoms with Crippen LogP contribution < -0.4 is 11.1 Å². The van der Waals surface area contributed by atoms with E-state index in [1.165, 1.54) is 6.07 Å². The number of carbonyl (C=O) groups excluding carboxylic acids is 1. The van der Waals surface area contributed by atoms with Crippen molar-refractivity contribution >= 4 is 28.3 Å². The number of nitrogens with one attached hydrogen (secondary N) is 1. The molecule has 3 aromatic rings. The number of primary amides is 1. The van der Waals surface area contributed by atoms with Crippen molar-refractivity contribution in [2.45, 2.75) is 0 Å². The zero-order chi connectivity index (χ0) is 15.0. The van der Waals surface area contributed by atoms with E-state index in [2.05, 4.69) is 10.3 Å². The molecule has 0 saturated carbocycles. The average molecular weight is 284 g/mol. The Labute approximate surface area is 120 Å². The molecule has 0 unspecified atom stereocenters. The maximum absolute atomic E-state index is 13.3. The molecule has 0 bridgehead atoms. The Morgan fingerprint density at radius 1 is 1.29 bits per heavy atom. The van der Waals surface area contributed by atoms with Gasteiger partial charge in [-0.1, -0.05) is 0 Å². The molecule has 1 aromatic carbocycles. The molecule has 106 valence electrons. The molecule has 5 nitrogen and oxygen atoms in total. The Morgan fingerprint density at radius 2 is 2.10 bits per heavy atom. The van der Waals surface area contributed by atoms with Crippen LogP contribution in [0.15, 0.2) is 42.6 Å². The van der Waals surface area contributed by atoms with Gasteiger partial charge in [-0.3, -0.25) is 4.79 Å². The Bertz CT molecular complexity index is 841. The summed E-state index contributed by atoms with van der Waals surface area (Å²) in [5.74, 6) is -1.23. The van der Waals surface area contributed by atoms with E-state index >= 15 is 0 Å². The minimum Gasteiger partial charge on any atom is -0.365 e. The van der Waals surface area contributed by atoms with Gasteiger partial charge in [-0.05, 0) is 36.4 Å². The second-order valence-corrected chi connectivity index (χ2v) is 4.72. The number of aromatic nitrogens is 2. The molecule has 0 saturated heterocycles. The third kappa shape index (κ3) is 2.43. The van der Waals surface area contributed by atoms with Crippen molar-refractivity contribution < 1.29 is 9.18 Å². The summed E-state index contributed by atoms with van der Waals surface area (Å²) < 4.78 is 15.3. The van der Waals surface area contributed by atoms with Crippen molar-refractivity contribution in [3.63, 3.8) is 0 Å². The van der Waals surface area contributed by atoms with Gasteiger partial charge in [-0.2, -0.15) is 4.39 Å². The molecule has 2 aromatic heterocycles. The van der Waals surface area contributed by atoms with Gasteiger partial charge in [0.15, 0.2) is 0 Å². The van der Waals surface area contributed by atoms with Crippen LogP contribution in [-0.4, -0.2) is 15.5 Å². The predicted octanol–water partition coefficient (Wildman–Crippen LogP) is 2.55. The van der Waals surface area contributed by atoms with Crippen molar-refractivity contribution in [1.82, 2.24) is 9.55 Å². The Hall–Kier alpha value is -2.89. The second kappa shape index (κ2) is 4.90. The van der Waals surface area contributed by atoms with E-state index in [4.69, 9.17) is 5.73 Å². The van der Waals surface area contributed by atoms with Crippen LogP contribution >= 0.6 is 0 Å². The lowest BCUT2D eigenvalue weighted by Gasteiger charge is -2.09. The fraction of sp³-hybridized carbons (Fsp3) is 0.0667. The van der Waals surface area contributed by atoms with Gasteiger partial charge in [-0.25, -0.2) is 4.98 Å². The van der Waals surface area contributed by atoms with Gasteiger partial charge >= 0.3 is 0 Å². The molecule has 21 heavy (non-hydrogen) atoms. The molecule has 2 heterocycles. The first-order valence-electron chi connectivity index (χ1n) is 6.33. The maximum Gasteiger partial charge on any atom is 0.252 e. The van der Waals surface area contributed by atoms with Gasteiger partial charge < -0.3 is 15.6 Å². The third-order valence-electron chi connectivity index (χ3n) is 3.27. The molecule has 0 aliphatic carbocycles. The lowest BCUT2D eigenvalue weighted by molar-refractivity contribution is 0.100. The number of aryl methyl sites for hydroxylation is 1. The van der Waals surface area contributed by atoms with E-state index < -0.39 is 11.9 Å². The number of fused-ring (bicyclic) bond motifs is 1. The van der Waals surface area contributed by atoms with E-state index in [0.29, 0.717) is 5.69 Å². The lowest BCUT2D eigenvalue weighted by atomic mass is 10.2. The summed E-state index contributed by atoms with van der Waals surface area (Å²) >= 11 is 0. The zero-order valence-electron chi connectivity index (χ0n) is 11.3. The molecule has 0 aliphatic heterocycles. The van der Waals surface area contributed by atoms with Crippen LogP contribution in [0, 0.1) is 5.95 Å². The Balaban J connectivity index is 2.01. The van der Waals surface area contributed by atoms with Crippen molar-refractivity contribution in [2.24, 2.45) is 12.8 Å². The summed E-state index contributed by atoms with van der Waals surface area (Å²) in [5.41, 5.74) is 7.19. The SMILES string of the molecule is Cn1ccc2cc(Nc3nc(F)ccc3C(N)=O)ccc21. The Kier molecular flexibility index (Phi) is 3.06. The van der Waals surface area contributed by atoms with Crippen LogP contribution in [0.25, 0.3) is 10.9 Å². The highest BCUT2D eigenvalue weighted by Gasteiger charge is 2.11. The number of halogens is 1. The third-order valence-corrected chi connectivity index (χ3v) is 3.27. The van der Waals surface area contributed by atoms with Crippen LogP contribution in [0.3, 0.4) is 0 Å². The lowest BCUT2D eigenvalue weighted by Crippen LogP contribution is -2.14. The molecular formula is C15H13FN4O. The minimum absolute atomic E-state index is 0.109. The topological polar surface area (TPSA) is 72.9 Å². The van der Waals surface area contributed by atoms with E-state index in [1.807, 2.05) is 42.1 Å². The van der Waals surface area contributed by atoms with Gasteiger partial charge in [0, 0.05) is 29.8 Å². The number of hydrogen-bond acceptors (Lipinski definition) is 3. The number of anilines is 2. The summed E-state index contributed by atoms with van der Waals surface area (Å²) in [4.78, 5) is 15.0. The summed E-state index contributed by atoms with van der Waals surface area (Å²) in [6.07, 6.45) is 1.95.